The van der Waals surface area contributed by atoms with E-state index in [-0.39, 0.29) is 0 Å². The summed E-state index contributed by atoms with van der Waals surface area (Å²) in [6.45, 7) is 2.02. The Bertz CT molecular complexity index is 514. The zero-order valence-electron chi connectivity index (χ0n) is 8.77. The fraction of sp³-hybridized carbons (Fsp3) is 0.0833. The Morgan fingerprint density at radius 1 is 1.31 bits per heavy atom. The van der Waals surface area contributed by atoms with Gasteiger partial charge in [0.2, 0.25) is 0 Å². The molecule has 1 aromatic heterocycles. The van der Waals surface area contributed by atoms with Crippen LogP contribution in [0, 0.1) is 6.92 Å². The minimum absolute atomic E-state index is 0.779. The third-order valence-corrected chi connectivity index (χ3v) is 4.05. The van der Waals surface area contributed by atoms with Crippen molar-refractivity contribution in [1.29, 1.82) is 0 Å². The molecule has 2 rings (SSSR count). The third-order valence-electron chi connectivity index (χ3n) is 2.07. The molecule has 0 bridgehead atoms. The molecular weight excluding hydrogens is 284 g/mol. The van der Waals surface area contributed by atoms with Crippen LogP contribution in [0.3, 0.4) is 0 Å². The number of aryl methyl sites for hydroxylation is 1. The van der Waals surface area contributed by atoms with Crippen LogP contribution in [0.25, 0.3) is 0 Å². The van der Waals surface area contributed by atoms with Gasteiger partial charge in [-0.05, 0) is 46.6 Å². The maximum absolute atomic E-state index is 5.88. The van der Waals surface area contributed by atoms with Gasteiger partial charge in [0.1, 0.15) is 5.03 Å². The van der Waals surface area contributed by atoms with E-state index in [1.807, 2.05) is 37.4 Å². The number of halogens is 1. The van der Waals surface area contributed by atoms with Gasteiger partial charge in [0.15, 0.2) is 0 Å². The van der Waals surface area contributed by atoms with E-state index in [4.69, 9.17) is 5.73 Å². The van der Waals surface area contributed by atoms with E-state index in [0.29, 0.717) is 0 Å². The number of hydrogen-bond donors (Lipinski definition) is 1. The molecule has 0 aliphatic rings. The third kappa shape index (κ3) is 2.57. The molecule has 2 N–H and O–H groups in total. The molecule has 2 aromatic rings. The van der Waals surface area contributed by atoms with Crippen molar-refractivity contribution < 1.29 is 0 Å². The van der Waals surface area contributed by atoms with Gasteiger partial charge in [0.05, 0.1) is 4.47 Å². The second-order valence-electron chi connectivity index (χ2n) is 3.44. The van der Waals surface area contributed by atoms with E-state index in [9.17, 15) is 0 Å². The first-order valence-corrected chi connectivity index (χ1v) is 6.42. The van der Waals surface area contributed by atoms with Crippen LogP contribution in [0.5, 0.6) is 0 Å². The molecule has 0 aliphatic carbocycles. The number of hydrogen-bond acceptors (Lipinski definition) is 3. The largest absolute Gasteiger partial charge is 0.398 e. The van der Waals surface area contributed by atoms with Gasteiger partial charge in [-0.1, -0.05) is 23.9 Å². The van der Waals surface area contributed by atoms with Gasteiger partial charge >= 0.3 is 0 Å². The van der Waals surface area contributed by atoms with Crippen LogP contribution >= 0.6 is 27.7 Å². The van der Waals surface area contributed by atoms with E-state index >= 15 is 0 Å². The summed E-state index contributed by atoms with van der Waals surface area (Å²) in [6.07, 6.45) is 1.85. The number of nitrogens with two attached hydrogens (primary N) is 1. The normalized spacial score (nSPS) is 10.4. The van der Waals surface area contributed by atoms with Gasteiger partial charge in [-0.3, -0.25) is 0 Å². The van der Waals surface area contributed by atoms with Gasteiger partial charge in [-0.15, -0.1) is 0 Å². The van der Waals surface area contributed by atoms with Crippen molar-refractivity contribution in [2.45, 2.75) is 16.8 Å². The fourth-order valence-electron chi connectivity index (χ4n) is 1.27. The van der Waals surface area contributed by atoms with Crippen molar-refractivity contribution in [3.05, 3.63) is 46.6 Å². The van der Waals surface area contributed by atoms with E-state index < -0.39 is 0 Å². The highest BCUT2D eigenvalue weighted by Gasteiger charge is 2.06. The number of rotatable bonds is 2. The van der Waals surface area contributed by atoms with Gasteiger partial charge in [0.25, 0.3) is 0 Å². The molecule has 16 heavy (non-hydrogen) atoms. The predicted molar refractivity (Wildman–Crippen MR) is 71.7 cm³/mol. The molecule has 0 aliphatic heterocycles. The van der Waals surface area contributed by atoms with Crippen molar-refractivity contribution >= 4 is 33.4 Å². The topological polar surface area (TPSA) is 38.9 Å². The summed E-state index contributed by atoms with van der Waals surface area (Å²) >= 11 is 5.07. The lowest BCUT2D eigenvalue weighted by Gasteiger charge is -2.06. The van der Waals surface area contributed by atoms with Crippen LogP contribution < -0.4 is 5.73 Å². The SMILES string of the molecule is Cc1cnc(Sc2ccccc2N)c(Br)c1. The van der Waals surface area contributed by atoms with Gasteiger partial charge in [-0.2, -0.15) is 0 Å². The lowest BCUT2D eigenvalue weighted by atomic mass is 10.3. The van der Waals surface area contributed by atoms with Gasteiger partial charge in [0, 0.05) is 16.8 Å². The van der Waals surface area contributed by atoms with Crippen LogP contribution in [0.2, 0.25) is 0 Å². The van der Waals surface area contributed by atoms with E-state index in [2.05, 4.69) is 27.0 Å². The van der Waals surface area contributed by atoms with E-state index in [1.54, 1.807) is 11.8 Å². The maximum atomic E-state index is 5.88. The quantitative estimate of drug-likeness (QED) is 0.854. The lowest BCUT2D eigenvalue weighted by Crippen LogP contribution is -1.89. The summed E-state index contributed by atoms with van der Waals surface area (Å²) in [6, 6.07) is 9.84. The molecule has 82 valence electrons. The summed E-state index contributed by atoms with van der Waals surface area (Å²) in [5, 5.41) is 0.934. The van der Waals surface area contributed by atoms with E-state index in [0.717, 1.165) is 25.6 Å². The lowest BCUT2D eigenvalue weighted by molar-refractivity contribution is 1.08. The standard InChI is InChI=1S/C12H11BrN2S/c1-8-6-9(13)12(15-7-8)16-11-5-3-2-4-10(11)14/h2-7H,14H2,1H3. The number of pyridine rings is 1. The molecule has 1 aromatic carbocycles. The summed E-state index contributed by atoms with van der Waals surface area (Å²) in [5.41, 5.74) is 7.80. The Morgan fingerprint density at radius 3 is 2.75 bits per heavy atom. The minimum atomic E-state index is 0.779. The van der Waals surface area contributed by atoms with Gasteiger partial charge in [-0.25, -0.2) is 4.98 Å². The van der Waals surface area contributed by atoms with Crippen LogP contribution in [-0.4, -0.2) is 4.98 Å². The number of aromatic nitrogens is 1. The van der Waals surface area contributed by atoms with E-state index in [1.165, 1.54) is 0 Å². The molecule has 0 saturated heterocycles. The molecule has 0 radical (unpaired) electrons. The summed E-state index contributed by atoms with van der Waals surface area (Å²) in [7, 11) is 0. The van der Waals surface area contributed by atoms with Crippen molar-refractivity contribution in [1.82, 2.24) is 4.98 Å². The van der Waals surface area contributed by atoms with Crippen LogP contribution in [-0.2, 0) is 0 Å². The number of benzene rings is 1. The van der Waals surface area contributed by atoms with Crippen LogP contribution in [0.4, 0.5) is 5.69 Å². The van der Waals surface area contributed by atoms with Crippen LogP contribution in [0.1, 0.15) is 5.56 Å². The molecule has 0 atom stereocenters. The molecule has 4 heteroatoms. The van der Waals surface area contributed by atoms with Crippen molar-refractivity contribution in [2.24, 2.45) is 0 Å². The Kier molecular flexibility index (Phi) is 3.51. The highest BCUT2D eigenvalue weighted by molar-refractivity contribution is 9.10. The molecular formula is C12H11BrN2S. The Morgan fingerprint density at radius 2 is 2.06 bits per heavy atom. The highest BCUT2D eigenvalue weighted by atomic mass is 79.9. The molecule has 2 nitrogen and oxygen atoms in total. The molecule has 0 fully saturated rings. The number of nitrogen functional groups attached to an aromatic ring is 1. The van der Waals surface area contributed by atoms with Crippen molar-refractivity contribution in [3.8, 4) is 0 Å². The Labute approximate surface area is 107 Å². The zero-order chi connectivity index (χ0) is 11.5. The molecule has 0 unspecified atom stereocenters. The molecule has 0 spiro atoms. The molecule has 0 amide bonds. The number of anilines is 1. The average molecular weight is 295 g/mol. The zero-order valence-corrected chi connectivity index (χ0v) is 11.2. The summed E-state index contributed by atoms with van der Waals surface area (Å²) in [5.74, 6) is 0. The Balaban J connectivity index is 2.31. The smallest absolute Gasteiger partial charge is 0.115 e. The van der Waals surface area contributed by atoms with Gasteiger partial charge < -0.3 is 5.73 Å². The second kappa shape index (κ2) is 4.89. The first-order valence-electron chi connectivity index (χ1n) is 4.81. The number of para-hydroxylation sites is 1. The first kappa shape index (κ1) is 11.5. The fourth-order valence-corrected chi connectivity index (χ4v) is 2.78. The Hall–Kier alpha value is -1.00. The maximum Gasteiger partial charge on any atom is 0.115 e. The second-order valence-corrected chi connectivity index (χ2v) is 5.32. The summed E-state index contributed by atoms with van der Waals surface area (Å²) < 4.78 is 1.00. The van der Waals surface area contributed by atoms with Crippen molar-refractivity contribution in [2.75, 3.05) is 5.73 Å². The average Bonchev–Trinajstić information content (AvgIpc) is 2.25. The molecule has 1 heterocycles. The molecule has 0 saturated carbocycles. The highest BCUT2D eigenvalue weighted by Crippen LogP contribution is 2.34. The first-order chi connectivity index (χ1) is 7.66. The minimum Gasteiger partial charge on any atom is -0.398 e. The predicted octanol–water partition coefficient (Wildman–Crippen LogP) is 3.89. The monoisotopic (exact) mass is 294 g/mol. The summed E-state index contributed by atoms with van der Waals surface area (Å²) in [4.78, 5) is 5.40. The van der Waals surface area contributed by atoms with Crippen molar-refractivity contribution in [3.63, 3.8) is 0 Å². The number of nitrogens with zero attached hydrogens (tertiary/aromatic N) is 1. The van der Waals surface area contributed by atoms with Crippen LogP contribution in [0.15, 0.2) is 50.9 Å².